The van der Waals surface area contributed by atoms with Crippen LogP contribution < -0.4 is 5.32 Å². The van der Waals surface area contributed by atoms with Crippen LogP contribution in [0.2, 0.25) is 0 Å². The summed E-state index contributed by atoms with van der Waals surface area (Å²) >= 11 is 0. The van der Waals surface area contributed by atoms with E-state index >= 15 is 0 Å². The van der Waals surface area contributed by atoms with Gasteiger partial charge in [-0.1, -0.05) is 43.7 Å². The summed E-state index contributed by atoms with van der Waals surface area (Å²) in [6.07, 6.45) is 4.33. The molecule has 128 valence electrons. The molecular formula is C21H22N2O2. The predicted molar refractivity (Wildman–Crippen MR) is 101 cm³/mol. The summed E-state index contributed by atoms with van der Waals surface area (Å²) in [6, 6.07) is 15.3. The largest absolute Gasteiger partial charge is 0.361 e. The van der Waals surface area contributed by atoms with E-state index in [0.29, 0.717) is 5.56 Å². The number of aryl methyl sites for hydroxylation is 1. The van der Waals surface area contributed by atoms with Gasteiger partial charge in [-0.2, -0.15) is 0 Å². The lowest BCUT2D eigenvalue weighted by atomic mass is 10.0. The first-order chi connectivity index (χ1) is 12.2. The van der Waals surface area contributed by atoms with Gasteiger partial charge in [0, 0.05) is 35.5 Å². The number of aromatic amines is 1. The molecule has 1 amide bonds. The second-order valence-corrected chi connectivity index (χ2v) is 6.16. The van der Waals surface area contributed by atoms with E-state index in [1.54, 1.807) is 0 Å². The molecule has 1 heterocycles. The molecule has 1 aromatic heterocycles. The molecule has 2 aromatic carbocycles. The van der Waals surface area contributed by atoms with E-state index in [1.807, 2.05) is 54.7 Å². The van der Waals surface area contributed by atoms with Crippen LogP contribution in [0.15, 0.2) is 54.7 Å². The minimum Gasteiger partial charge on any atom is -0.361 e. The van der Waals surface area contributed by atoms with Gasteiger partial charge in [-0.15, -0.1) is 0 Å². The highest BCUT2D eigenvalue weighted by molar-refractivity contribution is 6.03. The van der Waals surface area contributed by atoms with Crippen LogP contribution in [0.3, 0.4) is 0 Å². The number of ketones is 1. The van der Waals surface area contributed by atoms with Crippen LogP contribution in [0.4, 0.5) is 5.69 Å². The number of aromatic nitrogens is 1. The Kier molecular flexibility index (Phi) is 5.29. The second kappa shape index (κ2) is 7.79. The predicted octanol–water partition coefficient (Wildman–Crippen LogP) is 4.72. The Morgan fingerprint density at radius 3 is 2.56 bits per heavy atom. The molecule has 0 saturated carbocycles. The summed E-state index contributed by atoms with van der Waals surface area (Å²) in [5.41, 5.74) is 3.64. The van der Waals surface area contributed by atoms with Crippen LogP contribution >= 0.6 is 0 Å². The van der Waals surface area contributed by atoms with Crippen molar-refractivity contribution < 1.29 is 9.59 Å². The monoisotopic (exact) mass is 334 g/mol. The number of hydrogen-bond acceptors (Lipinski definition) is 2. The summed E-state index contributed by atoms with van der Waals surface area (Å²) in [5, 5.41) is 3.86. The normalized spacial score (nSPS) is 10.8. The van der Waals surface area contributed by atoms with E-state index in [1.165, 1.54) is 5.56 Å². The topological polar surface area (TPSA) is 62.0 Å². The van der Waals surface area contributed by atoms with Gasteiger partial charge < -0.3 is 10.3 Å². The molecule has 4 heteroatoms. The third kappa shape index (κ3) is 4.15. The Bertz CT molecular complexity index is 878. The van der Waals surface area contributed by atoms with Crippen molar-refractivity contribution in [3.8, 4) is 0 Å². The lowest BCUT2D eigenvalue weighted by Gasteiger charge is -2.07. The second-order valence-electron chi connectivity index (χ2n) is 6.16. The van der Waals surface area contributed by atoms with Gasteiger partial charge in [-0.3, -0.25) is 9.59 Å². The van der Waals surface area contributed by atoms with Gasteiger partial charge in [0.05, 0.1) is 5.69 Å². The summed E-state index contributed by atoms with van der Waals surface area (Å²) < 4.78 is 0. The van der Waals surface area contributed by atoms with E-state index in [-0.39, 0.29) is 24.5 Å². The maximum absolute atomic E-state index is 12.3. The molecule has 0 spiro atoms. The van der Waals surface area contributed by atoms with Crippen LogP contribution in [-0.4, -0.2) is 16.7 Å². The van der Waals surface area contributed by atoms with Gasteiger partial charge in [0.25, 0.3) is 0 Å². The minimum absolute atomic E-state index is 0.00180. The van der Waals surface area contributed by atoms with Crippen LogP contribution in [0, 0.1) is 0 Å². The Balaban J connectivity index is 1.56. The number of nitrogens with one attached hydrogen (secondary N) is 2. The highest BCUT2D eigenvalue weighted by atomic mass is 16.2. The van der Waals surface area contributed by atoms with Crippen molar-refractivity contribution in [3.05, 3.63) is 65.9 Å². The third-order valence-corrected chi connectivity index (χ3v) is 4.26. The summed E-state index contributed by atoms with van der Waals surface area (Å²) in [5.74, 6) is -0.150. The average molecular weight is 334 g/mol. The number of carbonyl (C=O) groups excluding carboxylic acids is 2. The first-order valence-corrected chi connectivity index (χ1v) is 8.65. The van der Waals surface area contributed by atoms with E-state index in [9.17, 15) is 9.59 Å². The maximum Gasteiger partial charge on any atom is 0.224 e. The highest BCUT2D eigenvalue weighted by Crippen LogP contribution is 2.22. The molecule has 0 radical (unpaired) electrons. The molecule has 3 aromatic rings. The molecule has 3 rings (SSSR count). The van der Waals surface area contributed by atoms with Crippen LogP contribution in [0.25, 0.3) is 10.9 Å². The smallest absolute Gasteiger partial charge is 0.224 e. The molecule has 0 aliphatic rings. The fourth-order valence-electron chi connectivity index (χ4n) is 2.92. The fraction of sp³-hybridized carbons (Fsp3) is 0.238. The van der Waals surface area contributed by atoms with Crippen molar-refractivity contribution >= 4 is 28.3 Å². The molecule has 2 N–H and O–H groups in total. The molecule has 0 aliphatic heterocycles. The van der Waals surface area contributed by atoms with Crippen molar-refractivity contribution in [3.63, 3.8) is 0 Å². The van der Waals surface area contributed by atoms with E-state index < -0.39 is 0 Å². The number of carbonyl (C=O) groups is 2. The third-order valence-electron chi connectivity index (χ3n) is 4.26. The number of fused-ring (bicyclic) bond motifs is 1. The van der Waals surface area contributed by atoms with Gasteiger partial charge in [0.1, 0.15) is 0 Å². The minimum atomic E-state index is -0.148. The maximum atomic E-state index is 12.3. The Hall–Kier alpha value is -2.88. The zero-order chi connectivity index (χ0) is 17.6. The van der Waals surface area contributed by atoms with E-state index in [2.05, 4.69) is 17.2 Å². The first-order valence-electron chi connectivity index (χ1n) is 8.65. The Morgan fingerprint density at radius 1 is 1.00 bits per heavy atom. The van der Waals surface area contributed by atoms with E-state index in [4.69, 9.17) is 0 Å². The summed E-state index contributed by atoms with van der Waals surface area (Å²) in [7, 11) is 0. The number of H-pyrrole nitrogens is 1. The zero-order valence-corrected chi connectivity index (χ0v) is 14.3. The Morgan fingerprint density at radius 2 is 1.80 bits per heavy atom. The molecule has 0 aliphatic carbocycles. The lowest BCUT2D eigenvalue weighted by molar-refractivity contribution is -0.116. The molecule has 4 nitrogen and oxygen atoms in total. The Labute approximate surface area is 147 Å². The number of rotatable bonds is 7. The van der Waals surface area contributed by atoms with Gasteiger partial charge in [0.2, 0.25) is 5.91 Å². The van der Waals surface area contributed by atoms with Crippen LogP contribution in [-0.2, 0) is 11.2 Å². The number of hydrogen-bond donors (Lipinski definition) is 2. The summed E-state index contributed by atoms with van der Waals surface area (Å²) in [4.78, 5) is 27.5. The average Bonchev–Trinajstić information content (AvgIpc) is 3.10. The van der Waals surface area contributed by atoms with Crippen molar-refractivity contribution in [1.29, 1.82) is 0 Å². The number of benzene rings is 2. The zero-order valence-electron chi connectivity index (χ0n) is 14.3. The van der Waals surface area contributed by atoms with Crippen molar-refractivity contribution in [2.75, 3.05) is 5.32 Å². The summed E-state index contributed by atoms with van der Waals surface area (Å²) in [6.45, 7) is 2.13. The molecular weight excluding hydrogens is 312 g/mol. The number of amides is 1. The highest BCUT2D eigenvalue weighted by Gasteiger charge is 2.11. The van der Waals surface area contributed by atoms with Gasteiger partial charge in [-0.05, 0) is 30.2 Å². The quantitative estimate of drug-likeness (QED) is 0.614. The van der Waals surface area contributed by atoms with Crippen molar-refractivity contribution in [2.45, 2.75) is 32.6 Å². The SMILES string of the molecule is CCCc1ccc(C(=O)CCC(=O)Nc2cccc3[nH]ccc23)cc1. The van der Waals surface area contributed by atoms with Crippen LogP contribution in [0.1, 0.15) is 42.1 Å². The van der Waals surface area contributed by atoms with Gasteiger partial charge in [-0.25, -0.2) is 0 Å². The molecule has 25 heavy (non-hydrogen) atoms. The first kappa shape index (κ1) is 17.0. The molecule has 0 saturated heterocycles. The molecule has 0 fully saturated rings. The van der Waals surface area contributed by atoms with Gasteiger partial charge in [0.15, 0.2) is 5.78 Å². The fourth-order valence-corrected chi connectivity index (χ4v) is 2.92. The molecule has 0 atom stereocenters. The molecule has 0 unspecified atom stereocenters. The van der Waals surface area contributed by atoms with E-state index in [0.717, 1.165) is 29.4 Å². The standard InChI is InChI=1S/C21H22N2O2/c1-2-4-15-7-9-16(10-8-15)20(24)11-12-21(25)23-19-6-3-5-18-17(19)13-14-22-18/h3,5-10,13-14,22H,2,4,11-12H2,1H3,(H,23,25). The van der Waals surface area contributed by atoms with Gasteiger partial charge >= 0.3 is 0 Å². The van der Waals surface area contributed by atoms with Crippen molar-refractivity contribution in [1.82, 2.24) is 4.98 Å². The number of Topliss-reactive ketones (excluding diaryl/α,β-unsaturated/α-hetero) is 1. The van der Waals surface area contributed by atoms with Crippen LogP contribution in [0.5, 0.6) is 0 Å². The molecule has 0 bridgehead atoms. The number of anilines is 1. The van der Waals surface area contributed by atoms with Crippen molar-refractivity contribution in [2.24, 2.45) is 0 Å². The lowest BCUT2D eigenvalue weighted by Crippen LogP contribution is -2.13.